The first kappa shape index (κ1) is 23.4. The van der Waals surface area contributed by atoms with E-state index in [9.17, 15) is 0 Å². The average Bonchev–Trinajstić information content (AvgIpc) is 2.27. The van der Waals surface area contributed by atoms with Crippen molar-refractivity contribution in [1.29, 1.82) is 0 Å². The molecule has 0 saturated heterocycles. The summed E-state index contributed by atoms with van der Waals surface area (Å²) in [7, 11) is 0. The van der Waals surface area contributed by atoms with Crippen LogP contribution in [0, 0.1) is 0 Å². The van der Waals surface area contributed by atoms with Crippen LogP contribution in [0.3, 0.4) is 0 Å². The van der Waals surface area contributed by atoms with Crippen LogP contribution in [0.25, 0.3) is 0 Å². The van der Waals surface area contributed by atoms with Gasteiger partial charge in [-0.15, -0.1) is 6.58 Å². The van der Waals surface area contributed by atoms with Crippen molar-refractivity contribution in [3.8, 4) is 0 Å². The van der Waals surface area contributed by atoms with Gasteiger partial charge in [0, 0.05) is 0 Å². The molecule has 0 heteroatoms. The smallest absolute Gasteiger partial charge is 0.0291 e. The minimum absolute atomic E-state index is 1.13. The summed E-state index contributed by atoms with van der Waals surface area (Å²) in [6.45, 7) is 19.9. The Bertz CT molecular complexity index is 88.2. The molecular weight excluding hydrogens is 168 g/mol. The molecule has 14 heavy (non-hydrogen) atoms. The molecule has 0 nitrogen and oxygen atoms in total. The fourth-order valence-electron chi connectivity index (χ4n) is 0.496. The first-order valence-electron chi connectivity index (χ1n) is 6.03. The third-order valence-corrected chi connectivity index (χ3v) is 0.973. The summed E-state index contributed by atoms with van der Waals surface area (Å²) in [6, 6.07) is 0. The molecule has 0 N–H and O–H groups in total. The summed E-state index contributed by atoms with van der Waals surface area (Å²) >= 11 is 0. The van der Waals surface area contributed by atoms with Crippen molar-refractivity contribution < 1.29 is 0 Å². The number of allylic oxidation sites excluding steroid dienone is 3. The molecule has 0 radical (unpaired) electrons. The molecule has 0 spiro atoms. The number of rotatable bonds is 3. The van der Waals surface area contributed by atoms with Gasteiger partial charge in [0.15, 0.2) is 0 Å². The van der Waals surface area contributed by atoms with Crippen LogP contribution in [-0.2, 0) is 0 Å². The van der Waals surface area contributed by atoms with E-state index in [-0.39, 0.29) is 0 Å². The number of hydrogen-bond donors (Lipinski definition) is 0. The van der Waals surface area contributed by atoms with Gasteiger partial charge in [0.25, 0.3) is 0 Å². The van der Waals surface area contributed by atoms with Crippen molar-refractivity contribution in [3.63, 3.8) is 0 Å². The van der Waals surface area contributed by atoms with E-state index in [0.717, 1.165) is 12.8 Å². The molecule has 0 heterocycles. The monoisotopic (exact) mass is 200 g/mol. The SMILES string of the molecule is C=C(C)CC/C=C\C.CC.CC.CC. The van der Waals surface area contributed by atoms with Gasteiger partial charge < -0.3 is 0 Å². The lowest BCUT2D eigenvalue weighted by molar-refractivity contribution is 0.982. The second-order valence-electron chi connectivity index (χ2n) is 2.06. The molecule has 0 aliphatic carbocycles. The average molecular weight is 200 g/mol. The second-order valence-corrected chi connectivity index (χ2v) is 2.06. The van der Waals surface area contributed by atoms with Gasteiger partial charge in [0.05, 0.1) is 0 Å². The molecule has 0 atom stereocenters. The standard InChI is InChI=1S/C8H14.3C2H6/c1-4-5-6-7-8(2)3;3*1-2/h4-5H,2,6-7H2,1,3H3;3*1-2H3/b5-4-;;;. The van der Waals surface area contributed by atoms with Gasteiger partial charge in [-0.2, -0.15) is 0 Å². The Morgan fingerprint density at radius 3 is 1.57 bits per heavy atom. The Morgan fingerprint density at radius 2 is 1.36 bits per heavy atom. The van der Waals surface area contributed by atoms with E-state index < -0.39 is 0 Å². The topological polar surface area (TPSA) is 0 Å². The Labute approximate surface area is 93.1 Å². The Hall–Kier alpha value is -0.520. The first-order valence-corrected chi connectivity index (χ1v) is 6.03. The summed E-state index contributed by atoms with van der Waals surface area (Å²) in [4.78, 5) is 0. The quantitative estimate of drug-likeness (QED) is 0.490. The number of hydrogen-bond acceptors (Lipinski definition) is 0. The fourth-order valence-corrected chi connectivity index (χ4v) is 0.496. The normalized spacial score (nSPS) is 7.14. The largest absolute Gasteiger partial charge is 0.100 e. The molecular formula is C14H32. The predicted octanol–water partition coefficient (Wildman–Crippen LogP) is 6.00. The molecule has 0 aromatic rings. The van der Waals surface area contributed by atoms with Crippen LogP contribution in [0.15, 0.2) is 24.3 Å². The van der Waals surface area contributed by atoms with Gasteiger partial charge in [-0.05, 0) is 26.7 Å². The maximum atomic E-state index is 3.79. The molecule has 0 bridgehead atoms. The molecule has 0 aromatic carbocycles. The zero-order valence-corrected chi connectivity index (χ0v) is 11.8. The molecule has 0 rings (SSSR count). The molecule has 0 fully saturated rings. The van der Waals surface area contributed by atoms with Crippen LogP contribution < -0.4 is 0 Å². The third-order valence-electron chi connectivity index (χ3n) is 0.973. The van der Waals surface area contributed by atoms with Crippen LogP contribution in [0.4, 0.5) is 0 Å². The van der Waals surface area contributed by atoms with E-state index in [1.807, 2.05) is 48.5 Å². The van der Waals surface area contributed by atoms with Gasteiger partial charge in [-0.25, -0.2) is 0 Å². The lowest BCUT2D eigenvalue weighted by atomic mass is 10.2. The van der Waals surface area contributed by atoms with Crippen molar-refractivity contribution in [1.82, 2.24) is 0 Å². The Morgan fingerprint density at radius 1 is 1.00 bits per heavy atom. The predicted molar refractivity (Wildman–Crippen MR) is 72.9 cm³/mol. The summed E-state index contributed by atoms with van der Waals surface area (Å²) in [5.74, 6) is 0. The Balaban J connectivity index is -0.0000000708. The van der Waals surface area contributed by atoms with Crippen molar-refractivity contribution in [3.05, 3.63) is 24.3 Å². The van der Waals surface area contributed by atoms with E-state index in [1.165, 1.54) is 5.57 Å². The minimum atomic E-state index is 1.13. The van der Waals surface area contributed by atoms with Crippen LogP contribution in [-0.4, -0.2) is 0 Å². The van der Waals surface area contributed by atoms with Crippen LogP contribution >= 0.6 is 0 Å². The maximum absolute atomic E-state index is 3.79. The van der Waals surface area contributed by atoms with Crippen molar-refractivity contribution in [2.75, 3.05) is 0 Å². The van der Waals surface area contributed by atoms with E-state index >= 15 is 0 Å². The summed E-state index contributed by atoms with van der Waals surface area (Å²) in [6.07, 6.45) is 6.51. The maximum Gasteiger partial charge on any atom is -0.0291 e. The highest BCUT2D eigenvalue weighted by atomic mass is 13.9. The van der Waals surface area contributed by atoms with E-state index in [0.29, 0.717) is 0 Å². The van der Waals surface area contributed by atoms with Crippen LogP contribution in [0.1, 0.15) is 68.2 Å². The van der Waals surface area contributed by atoms with Crippen molar-refractivity contribution in [2.45, 2.75) is 68.2 Å². The van der Waals surface area contributed by atoms with Crippen molar-refractivity contribution >= 4 is 0 Å². The molecule has 0 amide bonds. The third kappa shape index (κ3) is 62.8. The van der Waals surface area contributed by atoms with Gasteiger partial charge in [-0.3, -0.25) is 0 Å². The lowest BCUT2D eigenvalue weighted by Gasteiger charge is -1.90. The molecule has 88 valence electrons. The lowest BCUT2D eigenvalue weighted by Crippen LogP contribution is -1.69. The summed E-state index contributed by atoms with van der Waals surface area (Å²) < 4.78 is 0. The van der Waals surface area contributed by atoms with Crippen LogP contribution in [0.5, 0.6) is 0 Å². The second kappa shape index (κ2) is 39.2. The Kier molecular flexibility index (Phi) is 65.4. The molecule has 0 aromatic heterocycles. The summed E-state index contributed by atoms with van der Waals surface area (Å²) in [5.41, 5.74) is 1.27. The van der Waals surface area contributed by atoms with Gasteiger partial charge in [-0.1, -0.05) is 59.3 Å². The first-order chi connectivity index (χ1) is 6.77. The van der Waals surface area contributed by atoms with E-state index in [1.54, 1.807) is 0 Å². The fraction of sp³-hybridized carbons (Fsp3) is 0.714. The minimum Gasteiger partial charge on any atom is -0.100 e. The van der Waals surface area contributed by atoms with E-state index in [2.05, 4.69) is 25.7 Å². The highest BCUT2D eigenvalue weighted by Gasteiger charge is 1.79. The van der Waals surface area contributed by atoms with Crippen molar-refractivity contribution in [2.24, 2.45) is 0 Å². The van der Waals surface area contributed by atoms with Crippen LogP contribution in [0.2, 0.25) is 0 Å². The van der Waals surface area contributed by atoms with E-state index in [4.69, 9.17) is 0 Å². The highest BCUT2D eigenvalue weighted by molar-refractivity contribution is 4.91. The van der Waals surface area contributed by atoms with Gasteiger partial charge >= 0.3 is 0 Å². The van der Waals surface area contributed by atoms with Gasteiger partial charge in [0.2, 0.25) is 0 Å². The molecule has 0 aliphatic rings. The summed E-state index contributed by atoms with van der Waals surface area (Å²) in [5, 5.41) is 0. The zero-order valence-electron chi connectivity index (χ0n) is 11.8. The van der Waals surface area contributed by atoms with Gasteiger partial charge in [0.1, 0.15) is 0 Å². The zero-order chi connectivity index (χ0) is 12.4. The molecule has 0 aliphatic heterocycles. The molecule has 0 saturated carbocycles. The highest BCUT2D eigenvalue weighted by Crippen LogP contribution is 1.99. The molecule has 0 unspecified atom stereocenters.